The molecule has 0 aliphatic rings. The topological polar surface area (TPSA) is 152 Å². The Morgan fingerprint density at radius 3 is 1.86 bits per heavy atom. The molecule has 0 spiro atoms. The minimum atomic E-state index is -4.89. The molecule has 0 aliphatic heterocycles. The highest BCUT2D eigenvalue weighted by Crippen LogP contribution is 2.36. The third-order valence-electron chi connectivity index (χ3n) is 6.22. The number of nitrogens with zero attached hydrogens (tertiary/aromatic N) is 1. The lowest BCUT2D eigenvalue weighted by Crippen LogP contribution is -2.17. The van der Waals surface area contributed by atoms with Gasteiger partial charge in [0.25, 0.3) is 5.91 Å². The van der Waals surface area contributed by atoms with Gasteiger partial charge in [-0.1, -0.05) is 18.2 Å². The molecule has 0 saturated carbocycles. The van der Waals surface area contributed by atoms with Gasteiger partial charge >= 0.3 is 18.7 Å². The molecule has 1 heterocycles. The summed E-state index contributed by atoms with van der Waals surface area (Å²) in [5.74, 6) is -3.32. The first-order chi connectivity index (χ1) is 22.4. The number of pyridine rings is 1. The van der Waals surface area contributed by atoms with Crippen LogP contribution in [-0.4, -0.2) is 37.8 Å². The van der Waals surface area contributed by atoms with Gasteiger partial charge in [-0.2, -0.15) is 26.3 Å². The van der Waals surface area contributed by atoms with Crippen LogP contribution in [0.15, 0.2) is 77.8 Å². The first kappa shape index (κ1) is 38.1. The lowest BCUT2D eigenvalue weighted by molar-refractivity contribution is -0.274. The van der Waals surface area contributed by atoms with Crippen LogP contribution in [0, 0.1) is 6.92 Å². The zero-order valence-electron chi connectivity index (χ0n) is 24.8. The van der Waals surface area contributed by atoms with Crippen LogP contribution in [0.5, 0.6) is 17.4 Å². The van der Waals surface area contributed by atoms with Gasteiger partial charge in [0.1, 0.15) is 17.1 Å². The van der Waals surface area contributed by atoms with Crippen LogP contribution in [0.1, 0.15) is 37.4 Å². The van der Waals surface area contributed by atoms with Gasteiger partial charge in [-0.15, -0.1) is 13.2 Å². The molecule has 0 aliphatic carbocycles. The van der Waals surface area contributed by atoms with Crippen molar-refractivity contribution in [1.29, 1.82) is 0 Å². The second kappa shape index (κ2) is 14.0. The maximum absolute atomic E-state index is 12.8. The Balaban J connectivity index is 0.000000267. The second-order valence-electron chi connectivity index (χ2n) is 9.94. The summed E-state index contributed by atoms with van der Waals surface area (Å²) in [7, 11) is -3.49. The van der Waals surface area contributed by atoms with Gasteiger partial charge in [-0.3, -0.25) is 9.59 Å². The lowest BCUT2D eigenvalue weighted by Gasteiger charge is -2.14. The van der Waals surface area contributed by atoms with E-state index in [0.717, 1.165) is 36.6 Å². The van der Waals surface area contributed by atoms with Gasteiger partial charge in [0.2, 0.25) is 11.8 Å². The summed E-state index contributed by atoms with van der Waals surface area (Å²) in [4.78, 5) is 26.3. The molecule has 4 N–H and O–H groups in total. The summed E-state index contributed by atoms with van der Waals surface area (Å²) < 4.78 is 145. The molecule has 0 bridgehead atoms. The minimum absolute atomic E-state index is 0.00896. The Kier molecular flexibility index (Phi) is 10.9. The third-order valence-corrected chi connectivity index (χ3v) is 7.33. The third kappa shape index (κ3) is 10.3. The van der Waals surface area contributed by atoms with E-state index in [-0.39, 0.29) is 32.9 Å². The number of nitrogens with two attached hydrogens (primary N) is 2. The fourth-order valence-corrected chi connectivity index (χ4v) is 4.64. The predicted octanol–water partition coefficient (Wildman–Crippen LogP) is 7.07. The van der Waals surface area contributed by atoms with Crippen LogP contribution in [-0.2, 0) is 22.2 Å². The average molecular weight is 724 g/mol. The van der Waals surface area contributed by atoms with Gasteiger partial charge in [-0.25, -0.2) is 13.4 Å². The van der Waals surface area contributed by atoms with Crippen molar-refractivity contribution in [2.75, 3.05) is 6.26 Å². The number of hydrogen-bond donors (Lipinski definition) is 2. The number of benzene rings is 3. The van der Waals surface area contributed by atoms with Gasteiger partial charge in [0.15, 0.2) is 9.84 Å². The first-order valence-electron chi connectivity index (χ1n) is 13.1. The molecule has 4 rings (SSSR count). The van der Waals surface area contributed by atoms with E-state index < -0.39 is 68.7 Å². The largest absolute Gasteiger partial charge is 0.573 e. The number of hydrogen-bond acceptors (Lipinski definition) is 7. The van der Waals surface area contributed by atoms with E-state index in [9.17, 15) is 57.5 Å². The molecule has 4 aromatic rings. The molecule has 0 fully saturated rings. The summed E-state index contributed by atoms with van der Waals surface area (Å²) in [6.45, 7) is 1.37. The van der Waals surface area contributed by atoms with Crippen LogP contribution in [0.3, 0.4) is 0 Å². The van der Waals surface area contributed by atoms with E-state index >= 15 is 0 Å². The highest BCUT2D eigenvalue weighted by Gasteiger charge is 2.34. The smallest absolute Gasteiger partial charge is 0.438 e. The number of carbonyl (C=O) groups excluding carboxylic acids is 2. The van der Waals surface area contributed by atoms with E-state index in [1.165, 1.54) is 31.2 Å². The van der Waals surface area contributed by atoms with Crippen molar-refractivity contribution in [2.45, 2.75) is 30.5 Å². The normalized spacial score (nSPS) is 12.1. The Labute approximate surface area is 271 Å². The van der Waals surface area contributed by atoms with Crippen LogP contribution in [0.2, 0.25) is 0 Å². The number of halogens is 9. The van der Waals surface area contributed by atoms with E-state index in [2.05, 4.69) is 9.72 Å². The zero-order chi connectivity index (χ0) is 37.1. The van der Waals surface area contributed by atoms with E-state index in [0.29, 0.717) is 18.3 Å². The van der Waals surface area contributed by atoms with Crippen LogP contribution in [0.4, 0.5) is 39.5 Å². The highest BCUT2D eigenvalue weighted by molar-refractivity contribution is 7.90. The SMILES string of the molecule is CS(=O)(=O)c1cccc(-c2ccc(C(F)(F)F)cc2C(N)=O)c1.Cc1cc(OC(F)(F)F)ccc1Oc1ncc(C(F)(F)F)cc1C(N)=O. The summed E-state index contributed by atoms with van der Waals surface area (Å²) >= 11 is 0. The molecule has 0 saturated heterocycles. The van der Waals surface area contributed by atoms with Crippen LogP contribution >= 0.6 is 0 Å². The van der Waals surface area contributed by atoms with Crippen molar-refractivity contribution < 1.29 is 67.0 Å². The van der Waals surface area contributed by atoms with Gasteiger partial charge < -0.3 is 20.9 Å². The molecule has 19 heteroatoms. The number of primary amides is 2. The molecule has 262 valence electrons. The number of ether oxygens (including phenoxy) is 2. The maximum Gasteiger partial charge on any atom is 0.573 e. The van der Waals surface area contributed by atoms with Crippen molar-refractivity contribution in [3.63, 3.8) is 0 Å². The number of sulfone groups is 1. The summed E-state index contributed by atoms with van der Waals surface area (Å²) in [5, 5.41) is 0. The molecule has 49 heavy (non-hydrogen) atoms. The molecule has 3 aromatic carbocycles. The minimum Gasteiger partial charge on any atom is -0.438 e. The van der Waals surface area contributed by atoms with Gasteiger partial charge in [0.05, 0.1) is 16.0 Å². The molecule has 0 radical (unpaired) electrons. The molecular formula is C30H22F9N3O6S. The number of aromatic nitrogens is 1. The molecule has 9 nitrogen and oxygen atoms in total. The lowest BCUT2D eigenvalue weighted by atomic mass is 9.97. The molecule has 2 amide bonds. The van der Waals surface area contributed by atoms with Crippen molar-refractivity contribution >= 4 is 21.7 Å². The first-order valence-corrected chi connectivity index (χ1v) is 15.0. The molecule has 1 aromatic heterocycles. The molecular weight excluding hydrogens is 701 g/mol. The zero-order valence-corrected chi connectivity index (χ0v) is 25.6. The van der Waals surface area contributed by atoms with Gasteiger partial charge in [0, 0.05) is 18.0 Å². The summed E-state index contributed by atoms with van der Waals surface area (Å²) in [5.41, 5.74) is 7.62. The van der Waals surface area contributed by atoms with Crippen molar-refractivity contribution in [1.82, 2.24) is 4.98 Å². The van der Waals surface area contributed by atoms with Crippen molar-refractivity contribution in [3.05, 3.63) is 101 Å². The maximum atomic E-state index is 12.8. The van der Waals surface area contributed by atoms with E-state index in [1.54, 1.807) is 0 Å². The Bertz CT molecular complexity index is 1990. The average Bonchev–Trinajstić information content (AvgIpc) is 2.96. The number of rotatable bonds is 7. The van der Waals surface area contributed by atoms with Crippen molar-refractivity contribution in [3.8, 4) is 28.5 Å². The monoisotopic (exact) mass is 723 g/mol. The standard InChI is InChI=1S/C15H10F6N2O3.C15H12F3NO3S/c1-7-4-9(26-15(19,20)21)2-3-11(7)25-13-10(12(22)24)5-8(6-23-13)14(16,17)18;1-23(21,22)11-4-2-3-9(7-11)12-6-5-10(15(16,17)18)8-13(12)14(19)20/h2-6H,1H3,(H2,22,24);2-8H,1H3,(H2,19,20). The van der Waals surface area contributed by atoms with Crippen LogP contribution < -0.4 is 20.9 Å². The number of alkyl halides is 9. The molecule has 0 unspecified atom stereocenters. The number of amides is 2. The Morgan fingerprint density at radius 1 is 0.755 bits per heavy atom. The molecule has 0 atom stereocenters. The van der Waals surface area contributed by atoms with E-state index in [4.69, 9.17) is 16.2 Å². The van der Waals surface area contributed by atoms with Crippen molar-refractivity contribution in [2.24, 2.45) is 11.5 Å². The van der Waals surface area contributed by atoms with Crippen LogP contribution in [0.25, 0.3) is 11.1 Å². The Morgan fingerprint density at radius 2 is 1.35 bits per heavy atom. The summed E-state index contributed by atoms with van der Waals surface area (Å²) in [6.07, 6.45) is -12.8. The predicted molar refractivity (Wildman–Crippen MR) is 154 cm³/mol. The fourth-order valence-electron chi connectivity index (χ4n) is 3.97. The summed E-state index contributed by atoms with van der Waals surface area (Å²) in [6, 6.07) is 11.6. The quantitative estimate of drug-likeness (QED) is 0.194. The number of carbonyl (C=O) groups is 2. The van der Waals surface area contributed by atoms with Gasteiger partial charge in [-0.05, 0) is 72.1 Å². The second-order valence-corrected chi connectivity index (χ2v) is 12.0. The number of aryl methyl sites for hydroxylation is 1. The Hall–Kier alpha value is -5.33. The highest BCUT2D eigenvalue weighted by atomic mass is 32.2. The fraction of sp³-hybridized carbons (Fsp3) is 0.167. The van der Waals surface area contributed by atoms with E-state index in [1.807, 2.05) is 0 Å².